The lowest BCUT2D eigenvalue weighted by atomic mass is 10.3. The van der Waals surface area contributed by atoms with E-state index < -0.39 is 0 Å². The highest BCUT2D eigenvalue weighted by atomic mass is 16.5. The predicted octanol–water partition coefficient (Wildman–Crippen LogP) is 1.94. The highest BCUT2D eigenvalue weighted by Crippen LogP contribution is 2.10. The van der Waals surface area contributed by atoms with E-state index >= 15 is 0 Å². The van der Waals surface area contributed by atoms with E-state index in [0.717, 1.165) is 12.1 Å². The summed E-state index contributed by atoms with van der Waals surface area (Å²) in [6, 6.07) is 1.79. The van der Waals surface area contributed by atoms with E-state index in [9.17, 15) is 0 Å². The second kappa shape index (κ2) is 5.42. The Hall–Kier alpha value is -1.32. The van der Waals surface area contributed by atoms with Crippen molar-refractivity contribution in [2.24, 2.45) is 0 Å². The predicted molar refractivity (Wildman–Crippen MR) is 56.2 cm³/mol. The van der Waals surface area contributed by atoms with Crippen LogP contribution in [0.2, 0.25) is 0 Å². The highest BCUT2D eigenvalue weighted by Gasteiger charge is 1.99. The number of hydrogen-bond acceptors (Lipinski definition) is 4. The van der Waals surface area contributed by atoms with Gasteiger partial charge in [0.05, 0.1) is 6.61 Å². The number of anilines is 1. The lowest BCUT2D eigenvalue weighted by Gasteiger charge is -2.05. The van der Waals surface area contributed by atoms with Gasteiger partial charge in [-0.15, -0.1) is 0 Å². The molecular weight excluding hydrogens is 178 g/mol. The average Bonchev–Trinajstić information content (AvgIpc) is 2.11. The smallest absolute Gasteiger partial charge is 0.223 e. The summed E-state index contributed by atoms with van der Waals surface area (Å²) in [4.78, 5) is 7.94. The average molecular weight is 195 g/mol. The van der Waals surface area contributed by atoms with Crippen LogP contribution in [0.1, 0.15) is 31.9 Å². The molecule has 0 saturated carbocycles. The van der Waals surface area contributed by atoms with Crippen molar-refractivity contribution in [2.75, 3.05) is 12.3 Å². The van der Waals surface area contributed by atoms with Crippen LogP contribution in [-0.4, -0.2) is 16.6 Å². The molecule has 0 fully saturated rings. The summed E-state index contributed by atoms with van der Waals surface area (Å²) in [6.45, 7) is 4.73. The van der Waals surface area contributed by atoms with E-state index in [0.29, 0.717) is 12.5 Å². The van der Waals surface area contributed by atoms with E-state index in [-0.39, 0.29) is 5.95 Å². The van der Waals surface area contributed by atoms with Gasteiger partial charge in [-0.3, -0.25) is 0 Å². The van der Waals surface area contributed by atoms with Crippen molar-refractivity contribution in [3.8, 4) is 5.88 Å². The lowest BCUT2D eigenvalue weighted by Crippen LogP contribution is -2.03. The third-order valence-electron chi connectivity index (χ3n) is 1.85. The quantitative estimate of drug-likeness (QED) is 0.729. The zero-order chi connectivity index (χ0) is 10.4. The fraction of sp³-hybridized carbons (Fsp3) is 0.600. The molecule has 0 amide bonds. The number of aryl methyl sites for hydroxylation is 1. The van der Waals surface area contributed by atoms with Crippen LogP contribution in [0.5, 0.6) is 5.88 Å². The summed E-state index contributed by atoms with van der Waals surface area (Å²) >= 11 is 0. The molecule has 14 heavy (non-hydrogen) atoms. The topological polar surface area (TPSA) is 61.0 Å². The molecule has 1 heterocycles. The molecule has 4 nitrogen and oxygen atoms in total. The molecule has 0 unspecified atom stereocenters. The van der Waals surface area contributed by atoms with Gasteiger partial charge in [0.25, 0.3) is 0 Å². The summed E-state index contributed by atoms with van der Waals surface area (Å²) in [5.74, 6) is 0.849. The number of nitrogens with two attached hydrogens (primary N) is 1. The number of ether oxygens (including phenoxy) is 1. The SMILES string of the molecule is CCCCCOc1cc(C)nc(N)n1. The Kier molecular flexibility index (Phi) is 4.16. The van der Waals surface area contributed by atoms with Gasteiger partial charge in [0, 0.05) is 11.8 Å². The van der Waals surface area contributed by atoms with Gasteiger partial charge in [-0.2, -0.15) is 4.98 Å². The number of nitrogen functional groups attached to an aromatic ring is 1. The number of aromatic nitrogens is 2. The first-order valence-electron chi connectivity index (χ1n) is 4.96. The van der Waals surface area contributed by atoms with Crippen LogP contribution in [-0.2, 0) is 0 Å². The number of rotatable bonds is 5. The van der Waals surface area contributed by atoms with E-state index in [1.165, 1.54) is 12.8 Å². The molecule has 0 aliphatic rings. The minimum absolute atomic E-state index is 0.274. The Bertz CT molecular complexity index is 268. The molecule has 0 saturated heterocycles. The first kappa shape index (κ1) is 10.8. The molecular formula is C10H17N3O. The maximum Gasteiger partial charge on any atom is 0.223 e. The van der Waals surface area contributed by atoms with E-state index in [4.69, 9.17) is 10.5 Å². The van der Waals surface area contributed by atoms with Gasteiger partial charge in [-0.25, -0.2) is 4.98 Å². The van der Waals surface area contributed by atoms with Gasteiger partial charge in [-0.05, 0) is 13.3 Å². The summed E-state index contributed by atoms with van der Waals surface area (Å²) in [5, 5.41) is 0. The van der Waals surface area contributed by atoms with E-state index in [1.54, 1.807) is 6.07 Å². The Balaban J connectivity index is 2.42. The second-order valence-electron chi connectivity index (χ2n) is 3.26. The molecule has 4 heteroatoms. The minimum atomic E-state index is 0.274. The van der Waals surface area contributed by atoms with Crippen molar-refractivity contribution in [1.82, 2.24) is 9.97 Å². The van der Waals surface area contributed by atoms with Crippen molar-refractivity contribution < 1.29 is 4.74 Å². The monoisotopic (exact) mass is 195 g/mol. The molecule has 0 aromatic carbocycles. The van der Waals surface area contributed by atoms with Crippen LogP contribution in [0.3, 0.4) is 0 Å². The first-order chi connectivity index (χ1) is 6.72. The fourth-order valence-corrected chi connectivity index (χ4v) is 1.16. The van der Waals surface area contributed by atoms with Crippen LogP contribution < -0.4 is 10.5 Å². The molecule has 78 valence electrons. The van der Waals surface area contributed by atoms with Crippen LogP contribution in [0.4, 0.5) is 5.95 Å². The molecule has 0 radical (unpaired) electrons. The van der Waals surface area contributed by atoms with Crippen molar-refractivity contribution in [2.45, 2.75) is 33.1 Å². The fourth-order valence-electron chi connectivity index (χ4n) is 1.16. The largest absolute Gasteiger partial charge is 0.478 e. The van der Waals surface area contributed by atoms with Gasteiger partial charge in [0.1, 0.15) is 0 Å². The summed E-state index contributed by atoms with van der Waals surface area (Å²) in [5.41, 5.74) is 6.32. The zero-order valence-corrected chi connectivity index (χ0v) is 8.79. The zero-order valence-electron chi connectivity index (χ0n) is 8.79. The molecule has 0 bridgehead atoms. The molecule has 0 aliphatic heterocycles. The van der Waals surface area contributed by atoms with Crippen molar-refractivity contribution in [3.63, 3.8) is 0 Å². The molecule has 1 aromatic heterocycles. The standard InChI is InChI=1S/C10H17N3O/c1-3-4-5-6-14-9-7-8(2)12-10(11)13-9/h7H,3-6H2,1-2H3,(H2,11,12,13). The Morgan fingerprint density at radius 2 is 2.14 bits per heavy atom. The van der Waals surface area contributed by atoms with Crippen LogP contribution >= 0.6 is 0 Å². The third-order valence-corrected chi connectivity index (χ3v) is 1.85. The molecule has 0 atom stereocenters. The number of nitrogens with zero attached hydrogens (tertiary/aromatic N) is 2. The van der Waals surface area contributed by atoms with Gasteiger partial charge in [-0.1, -0.05) is 19.8 Å². The van der Waals surface area contributed by atoms with Gasteiger partial charge in [0.2, 0.25) is 11.8 Å². The summed E-state index contributed by atoms with van der Waals surface area (Å²) in [6.07, 6.45) is 3.42. The molecule has 2 N–H and O–H groups in total. The lowest BCUT2D eigenvalue weighted by molar-refractivity contribution is 0.294. The van der Waals surface area contributed by atoms with Crippen molar-refractivity contribution >= 4 is 5.95 Å². The molecule has 0 aliphatic carbocycles. The number of hydrogen-bond donors (Lipinski definition) is 1. The van der Waals surface area contributed by atoms with Crippen LogP contribution in [0.25, 0.3) is 0 Å². The summed E-state index contributed by atoms with van der Waals surface area (Å²) < 4.78 is 5.44. The van der Waals surface area contributed by atoms with Crippen molar-refractivity contribution in [3.05, 3.63) is 11.8 Å². The molecule has 1 aromatic rings. The van der Waals surface area contributed by atoms with Gasteiger partial charge >= 0.3 is 0 Å². The van der Waals surface area contributed by atoms with E-state index in [1.807, 2.05) is 6.92 Å². The Morgan fingerprint density at radius 3 is 2.79 bits per heavy atom. The Labute approximate surface area is 84.5 Å². The summed E-state index contributed by atoms with van der Waals surface area (Å²) in [7, 11) is 0. The van der Waals surface area contributed by atoms with Crippen LogP contribution in [0.15, 0.2) is 6.07 Å². The van der Waals surface area contributed by atoms with Crippen LogP contribution in [0, 0.1) is 6.92 Å². The maximum absolute atomic E-state index is 5.49. The van der Waals surface area contributed by atoms with E-state index in [2.05, 4.69) is 16.9 Å². The second-order valence-corrected chi connectivity index (χ2v) is 3.26. The molecule has 0 spiro atoms. The number of unbranched alkanes of at least 4 members (excludes halogenated alkanes) is 2. The van der Waals surface area contributed by atoms with Crippen molar-refractivity contribution in [1.29, 1.82) is 0 Å². The molecule has 1 rings (SSSR count). The maximum atomic E-state index is 5.49. The third kappa shape index (κ3) is 3.60. The van der Waals surface area contributed by atoms with Gasteiger partial charge in [0.15, 0.2) is 0 Å². The Morgan fingerprint density at radius 1 is 1.36 bits per heavy atom. The van der Waals surface area contributed by atoms with Gasteiger partial charge < -0.3 is 10.5 Å². The first-order valence-corrected chi connectivity index (χ1v) is 4.96. The highest BCUT2D eigenvalue weighted by molar-refractivity contribution is 5.25. The normalized spacial score (nSPS) is 10.1. The minimum Gasteiger partial charge on any atom is -0.478 e.